The third-order valence-electron chi connectivity index (χ3n) is 11.7. The quantitative estimate of drug-likeness (QED) is 0.394. The predicted molar refractivity (Wildman–Crippen MR) is 150 cm³/mol. The molecule has 0 saturated heterocycles. The molecule has 0 spiro atoms. The zero-order chi connectivity index (χ0) is 24.1. The largest absolute Gasteiger partial charge is 0.336 e. The van der Waals surface area contributed by atoms with Crippen LogP contribution in [0.5, 0.6) is 0 Å². The van der Waals surface area contributed by atoms with E-state index in [1.165, 1.54) is 64.9 Å². The van der Waals surface area contributed by atoms with Gasteiger partial charge in [0.2, 0.25) is 0 Å². The third kappa shape index (κ3) is 1.92. The molecular formula is C32H35BN2. The maximum Gasteiger partial charge on any atom is 0.252 e. The molecule has 1 fully saturated rings. The van der Waals surface area contributed by atoms with E-state index in [1.807, 2.05) is 0 Å². The van der Waals surface area contributed by atoms with E-state index >= 15 is 0 Å². The van der Waals surface area contributed by atoms with E-state index in [1.54, 1.807) is 11.0 Å². The summed E-state index contributed by atoms with van der Waals surface area (Å²) in [4.78, 5) is 5.54. The number of rotatable bonds is 0. The molecule has 3 aromatic carbocycles. The van der Waals surface area contributed by atoms with E-state index in [4.69, 9.17) is 0 Å². The normalized spacial score (nSPS) is 29.5. The fourth-order valence-corrected chi connectivity index (χ4v) is 8.94. The van der Waals surface area contributed by atoms with Crippen molar-refractivity contribution < 1.29 is 0 Å². The van der Waals surface area contributed by atoms with Crippen LogP contribution in [0.1, 0.15) is 78.4 Å². The van der Waals surface area contributed by atoms with Gasteiger partial charge in [-0.25, -0.2) is 0 Å². The van der Waals surface area contributed by atoms with Crippen LogP contribution in [0, 0.1) is 0 Å². The Morgan fingerprint density at radius 3 is 2.23 bits per heavy atom. The minimum absolute atomic E-state index is 0.0118. The lowest BCUT2D eigenvalue weighted by Crippen LogP contribution is -2.65. The number of hydrogen-bond acceptors (Lipinski definition) is 2. The van der Waals surface area contributed by atoms with Gasteiger partial charge in [-0.2, -0.15) is 0 Å². The molecule has 4 heterocycles. The van der Waals surface area contributed by atoms with Gasteiger partial charge in [-0.3, -0.25) is 0 Å². The summed E-state index contributed by atoms with van der Waals surface area (Å²) in [5.41, 5.74) is 13.9. The molecule has 2 nitrogen and oxygen atoms in total. The molecule has 2 unspecified atom stereocenters. The molecule has 3 heteroatoms. The lowest BCUT2D eigenvalue weighted by atomic mass is 9.33. The average Bonchev–Trinajstić information content (AvgIpc) is 3.15. The number of fused-ring (bicyclic) bond motifs is 8. The van der Waals surface area contributed by atoms with E-state index in [2.05, 4.69) is 106 Å². The SMILES string of the molecule is CC1(C)c2cccc3c2N(c2ccc4c5c2B3c2ccccc2N5C2(C)CCCCC42C)C1(C)C. The Kier molecular flexibility index (Phi) is 3.41. The molecule has 176 valence electrons. The Hall–Kier alpha value is -2.68. The second-order valence-corrected chi connectivity index (χ2v) is 13.3. The Morgan fingerprint density at radius 2 is 1.40 bits per heavy atom. The van der Waals surface area contributed by atoms with Gasteiger partial charge in [0, 0.05) is 39.1 Å². The third-order valence-corrected chi connectivity index (χ3v) is 11.7. The van der Waals surface area contributed by atoms with Crippen molar-refractivity contribution in [2.45, 2.75) is 89.1 Å². The van der Waals surface area contributed by atoms with Crippen molar-refractivity contribution in [1.82, 2.24) is 0 Å². The first-order valence-electron chi connectivity index (χ1n) is 13.6. The van der Waals surface area contributed by atoms with Crippen molar-refractivity contribution in [3.63, 3.8) is 0 Å². The zero-order valence-corrected chi connectivity index (χ0v) is 22.0. The van der Waals surface area contributed by atoms with Gasteiger partial charge in [-0.1, -0.05) is 76.1 Å². The van der Waals surface area contributed by atoms with Crippen molar-refractivity contribution in [3.05, 3.63) is 65.7 Å². The molecule has 35 heavy (non-hydrogen) atoms. The van der Waals surface area contributed by atoms with Gasteiger partial charge in [-0.05, 0) is 73.3 Å². The van der Waals surface area contributed by atoms with Gasteiger partial charge >= 0.3 is 0 Å². The highest BCUT2D eigenvalue weighted by Crippen LogP contribution is 2.63. The molecule has 5 aliphatic rings. The predicted octanol–water partition coefficient (Wildman–Crippen LogP) is 5.78. The minimum Gasteiger partial charge on any atom is -0.336 e. The van der Waals surface area contributed by atoms with E-state index in [0.717, 1.165) is 0 Å². The van der Waals surface area contributed by atoms with Gasteiger partial charge in [0.25, 0.3) is 6.71 Å². The van der Waals surface area contributed by atoms with Gasteiger partial charge in [-0.15, -0.1) is 0 Å². The second-order valence-electron chi connectivity index (χ2n) is 13.3. The molecule has 8 rings (SSSR count). The van der Waals surface area contributed by atoms with Crippen molar-refractivity contribution >= 4 is 45.9 Å². The molecular weight excluding hydrogens is 423 g/mol. The highest BCUT2D eigenvalue weighted by Gasteiger charge is 2.63. The Bertz CT molecular complexity index is 1470. The first-order valence-corrected chi connectivity index (χ1v) is 13.6. The van der Waals surface area contributed by atoms with Gasteiger partial charge in [0.15, 0.2) is 0 Å². The summed E-state index contributed by atoms with van der Waals surface area (Å²) in [6.07, 6.45) is 5.20. The highest BCUT2D eigenvalue weighted by atomic mass is 15.3. The van der Waals surface area contributed by atoms with Crippen molar-refractivity contribution in [2.24, 2.45) is 0 Å². The second kappa shape index (κ2) is 5.82. The van der Waals surface area contributed by atoms with Crippen LogP contribution in [-0.2, 0) is 10.8 Å². The van der Waals surface area contributed by atoms with E-state index in [0.29, 0.717) is 6.71 Å². The smallest absolute Gasteiger partial charge is 0.252 e. The van der Waals surface area contributed by atoms with E-state index < -0.39 is 0 Å². The summed E-state index contributed by atoms with van der Waals surface area (Å²) in [5.74, 6) is 0. The number of nitrogens with zero attached hydrogens (tertiary/aromatic N) is 2. The Labute approximate surface area is 210 Å². The van der Waals surface area contributed by atoms with Crippen molar-refractivity contribution in [1.29, 1.82) is 0 Å². The molecule has 1 saturated carbocycles. The van der Waals surface area contributed by atoms with Crippen LogP contribution < -0.4 is 26.2 Å². The first-order chi connectivity index (χ1) is 16.6. The lowest BCUT2D eigenvalue weighted by molar-refractivity contribution is 0.195. The number of hydrogen-bond donors (Lipinski definition) is 0. The van der Waals surface area contributed by atoms with Gasteiger partial charge in [0.05, 0.1) is 5.54 Å². The summed E-state index contributed by atoms with van der Waals surface area (Å²) in [5, 5.41) is 0. The van der Waals surface area contributed by atoms with Crippen LogP contribution in [0.15, 0.2) is 54.6 Å². The molecule has 4 aliphatic heterocycles. The van der Waals surface area contributed by atoms with Crippen LogP contribution in [0.4, 0.5) is 22.7 Å². The molecule has 3 aromatic rings. The van der Waals surface area contributed by atoms with Gasteiger partial charge < -0.3 is 9.80 Å². The maximum absolute atomic E-state index is 2.81. The number of para-hydroxylation sites is 2. The number of anilines is 4. The van der Waals surface area contributed by atoms with Crippen molar-refractivity contribution in [3.8, 4) is 0 Å². The molecule has 0 aromatic heterocycles. The van der Waals surface area contributed by atoms with Crippen LogP contribution in [0.3, 0.4) is 0 Å². The summed E-state index contributed by atoms with van der Waals surface area (Å²) in [7, 11) is 0. The lowest BCUT2D eigenvalue weighted by Gasteiger charge is -2.52. The zero-order valence-electron chi connectivity index (χ0n) is 22.0. The molecule has 2 atom stereocenters. The number of benzene rings is 3. The van der Waals surface area contributed by atoms with Gasteiger partial charge in [0.1, 0.15) is 0 Å². The van der Waals surface area contributed by atoms with E-state index in [9.17, 15) is 0 Å². The summed E-state index contributed by atoms with van der Waals surface area (Å²) < 4.78 is 0. The van der Waals surface area contributed by atoms with Crippen LogP contribution in [-0.4, -0.2) is 17.8 Å². The van der Waals surface area contributed by atoms with Crippen LogP contribution in [0.25, 0.3) is 0 Å². The topological polar surface area (TPSA) is 6.48 Å². The average molecular weight is 458 g/mol. The summed E-state index contributed by atoms with van der Waals surface area (Å²) in [6, 6.07) is 21.5. The fraction of sp³-hybridized carbons (Fsp3) is 0.438. The molecule has 1 aliphatic carbocycles. The summed E-state index contributed by atoms with van der Waals surface area (Å²) >= 11 is 0. The van der Waals surface area contributed by atoms with Crippen LogP contribution in [0.2, 0.25) is 0 Å². The molecule has 0 radical (unpaired) electrons. The van der Waals surface area contributed by atoms with E-state index in [-0.39, 0.29) is 21.9 Å². The molecule has 0 bridgehead atoms. The Balaban J connectivity index is 1.55. The molecule has 0 amide bonds. The summed E-state index contributed by atoms with van der Waals surface area (Å²) in [6.45, 7) is 15.2. The Morgan fingerprint density at radius 1 is 0.657 bits per heavy atom. The fourth-order valence-electron chi connectivity index (χ4n) is 8.94. The molecule has 0 N–H and O–H groups in total. The highest BCUT2D eigenvalue weighted by molar-refractivity contribution is 7.00. The maximum atomic E-state index is 2.81. The monoisotopic (exact) mass is 458 g/mol. The van der Waals surface area contributed by atoms with Crippen LogP contribution >= 0.6 is 0 Å². The first kappa shape index (κ1) is 20.5. The van der Waals surface area contributed by atoms with Crippen molar-refractivity contribution in [2.75, 3.05) is 9.80 Å². The minimum atomic E-state index is -0.0118. The standard InChI is InChI=1S/C32H35BN2/c1-29(2)20-12-11-14-23-27(20)34(30(29,3)4)25-17-16-21-28-26(25)33(23)22-13-7-8-15-24(22)35(28)32(6)19-10-9-18-31(21,32)5/h7-8,11-17H,9-10,18-19H2,1-6H3.